The summed E-state index contributed by atoms with van der Waals surface area (Å²) in [4.78, 5) is 44.5. The fourth-order valence-electron chi connectivity index (χ4n) is 1.28. The average molecular weight is 328 g/mol. The Morgan fingerprint density at radius 3 is 1.28 bits per heavy atom. The van der Waals surface area contributed by atoms with E-state index in [4.69, 9.17) is 46.4 Å². The van der Waals surface area contributed by atoms with Crippen LogP contribution in [0.3, 0.4) is 0 Å². The van der Waals surface area contributed by atoms with Crippen molar-refractivity contribution in [3.8, 4) is 0 Å². The van der Waals surface area contributed by atoms with Gasteiger partial charge in [0.05, 0.1) is 5.56 Å². The van der Waals surface area contributed by atoms with Crippen molar-refractivity contribution in [2.75, 3.05) is 0 Å². The summed E-state index contributed by atoms with van der Waals surface area (Å²) >= 11 is 21.0. The molecule has 0 unspecified atom stereocenters. The minimum absolute atomic E-state index is 0.202. The molecule has 94 valence electrons. The summed E-state index contributed by atoms with van der Waals surface area (Å²) in [6.45, 7) is 0. The highest BCUT2D eigenvalue weighted by molar-refractivity contribution is 6.75. The lowest BCUT2D eigenvalue weighted by Gasteiger charge is -2.07. The van der Waals surface area contributed by atoms with Crippen LogP contribution in [0.25, 0.3) is 0 Å². The van der Waals surface area contributed by atoms with E-state index in [0.717, 1.165) is 12.1 Å². The van der Waals surface area contributed by atoms with Gasteiger partial charge in [0.1, 0.15) is 0 Å². The number of carbonyl (C=O) groups excluding carboxylic acids is 4. The van der Waals surface area contributed by atoms with Gasteiger partial charge in [-0.15, -0.1) is 0 Å². The quantitative estimate of drug-likeness (QED) is 0.796. The standard InChI is InChI=1S/C10H2Cl4O4/c11-7(15)3-1-4(8(12)16)6(10(14)18)5(2-3)9(13)17/h1-2H. The third-order valence-electron chi connectivity index (χ3n) is 1.99. The number of carbonyl (C=O) groups is 4. The molecule has 0 aliphatic heterocycles. The molecular weight excluding hydrogens is 326 g/mol. The third kappa shape index (κ3) is 3.09. The molecule has 0 bridgehead atoms. The van der Waals surface area contributed by atoms with Crippen molar-refractivity contribution in [2.24, 2.45) is 0 Å². The van der Waals surface area contributed by atoms with E-state index in [1.54, 1.807) is 0 Å². The SMILES string of the molecule is O=C(Cl)c1cc(C(=O)Cl)c(C(=O)Cl)c(C(=O)Cl)c1. The molecule has 18 heavy (non-hydrogen) atoms. The topological polar surface area (TPSA) is 68.3 Å². The molecule has 0 amide bonds. The summed E-state index contributed by atoms with van der Waals surface area (Å²) in [5.41, 5.74) is -1.48. The van der Waals surface area contributed by atoms with Gasteiger partial charge in [0.15, 0.2) is 0 Å². The van der Waals surface area contributed by atoms with Crippen LogP contribution in [0, 0.1) is 0 Å². The van der Waals surface area contributed by atoms with E-state index in [2.05, 4.69) is 0 Å². The van der Waals surface area contributed by atoms with Crippen LogP contribution in [-0.2, 0) is 0 Å². The molecule has 0 saturated carbocycles. The van der Waals surface area contributed by atoms with Gasteiger partial charge >= 0.3 is 0 Å². The Balaban J connectivity index is 3.76. The van der Waals surface area contributed by atoms with Crippen LogP contribution >= 0.6 is 46.4 Å². The predicted octanol–water partition coefficient (Wildman–Crippen LogP) is 3.20. The highest BCUT2D eigenvalue weighted by atomic mass is 35.5. The van der Waals surface area contributed by atoms with E-state index in [1.807, 2.05) is 0 Å². The maximum Gasteiger partial charge on any atom is 0.253 e. The first-order valence-electron chi connectivity index (χ1n) is 4.23. The number of halogens is 4. The Morgan fingerprint density at radius 2 is 1.06 bits per heavy atom. The van der Waals surface area contributed by atoms with Gasteiger partial charge in [-0.1, -0.05) is 0 Å². The lowest BCUT2D eigenvalue weighted by Crippen LogP contribution is -2.10. The lowest BCUT2D eigenvalue weighted by atomic mass is 10.00. The minimum atomic E-state index is -1.10. The summed E-state index contributed by atoms with van der Waals surface area (Å²) < 4.78 is 0. The zero-order valence-corrected chi connectivity index (χ0v) is 11.3. The van der Waals surface area contributed by atoms with Gasteiger partial charge in [-0.05, 0) is 58.5 Å². The van der Waals surface area contributed by atoms with E-state index in [-0.39, 0.29) is 5.56 Å². The fraction of sp³-hybridized carbons (Fsp3) is 0. The Hall–Kier alpha value is -0.940. The Labute approximate surface area is 121 Å². The molecule has 0 aliphatic carbocycles. The van der Waals surface area contributed by atoms with E-state index < -0.39 is 37.7 Å². The van der Waals surface area contributed by atoms with E-state index >= 15 is 0 Å². The van der Waals surface area contributed by atoms with Gasteiger partial charge in [0.25, 0.3) is 21.0 Å². The van der Waals surface area contributed by atoms with Gasteiger partial charge in [-0.2, -0.15) is 0 Å². The monoisotopic (exact) mass is 326 g/mol. The molecular formula is C10H2Cl4O4. The molecule has 0 aromatic heterocycles. The summed E-state index contributed by atoms with van der Waals surface area (Å²) in [6.07, 6.45) is 0. The molecule has 0 atom stereocenters. The van der Waals surface area contributed by atoms with Crippen molar-refractivity contribution in [3.63, 3.8) is 0 Å². The molecule has 1 rings (SSSR count). The van der Waals surface area contributed by atoms with Crippen LogP contribution in [0.5, 0.6) is 0 Å². The van der Waals surface area contributed by atoms with Crippen molar-refractivity contribution in [3.05, 3.63) is 34.4 Å². The summed E-state index contributed by atoms with van der Waals surface area (Å²) in [6, 6.07) is 1.92. The van der Waals surface area contributed by atoms with Gasteiger partial charge in [-0.3, -0.25) is 19.2 Å². The van der Waals surface area contributed by atoms with Crippen LogP contribution in [0.15, 0.2) is 12.1 Å². The second-order valence-electron chi connectivity index (χ2n) is 3.04. The molecule has 4 nitrogen and oxygen atoms in total. The normalized spacial score (nSPS) is 10.0. The van der Waals surface area contributed by atoms with Gasteiger partial charge in [0, 0.05) is 16.7 Å². The molecule has 1 aromatic rings. The Morgan fingerprint density at radius 1 is 0.667 bits per heavy atom. The molecule has 0 radical (unpaired) electrons. The Kier molecular flexibility index (Phi) is 4.87. The second-order valence-corrected chi connectivity index (χ2v) is 4.41. The highest BCUT2D eigenvalue weighted by Gasteiger charge is 2.24. The van der Waals surface area contributed by atoms with Crippen molar-refractivity contribution >= 4 is 67.4 Å². The molecule has 8 heteroatoms. The largest absolute Gasteiger partial charge is 0.276 e. The predicted molar refractivity (Wildman–Crippen MR) is 67.2 cm³/mol. The van der Waals surface area contributed by atoms with Crippen molar-refractivity contribution in [1.29, 1.82) is 0 Å². The van der Waals surface area contributed by atoms with Gasteiger partial charge in [-0.25, -0.2) is 0 Å². The number of benzene rings is 1. The van der Waals surface area contributed by atoms with Crippen LogP contribution in [0.4, 0.5) is 0 Å². The molecule has 0 N–H and O–H groups in total. The first kappa shape index (κ1) is 15.1. The first-order valence-corrected chi connectivity index (χ1v) is 5.74. The average Bonchev–Trinajstić information content (AvgIpc) is 2.26. The Bertz CT molecular complexity index is 544. The van der Waals surface area contributed by atoms with Crippen LogP contribution in [0.2, 0.25) is 0 Å². The van der Waals surface area contributed by atoms with Gasteiger partial charge in [0.2, 0.25) is 0 Å². The third-order valence-corrected chi connectivity index (χ3v) is 2.80. The minimum Gasteiger partial charge on any atom is -0.276 e. The number of hydrogen-bond acceptors (Lipinski definition) is 4. The van der Waals surface area contributed by atoms with Crippen molar-refractivity contribution in [1.82, 2.24) is 0 Å². The molecule has 0 saturated heterocycles. The summed E-state index contributed by atoms with van der Waals surface area (Å²) in [5.74, 6) is 0. The molecule has 0 spiro atoms. The lowest BCUT2D eigenvalue weighted by molar-refractivity contribution is 0.103. The molecule has 1 aromatic carbocycles. The van der Waals surface area contributed by atoms with Crippen LogP contribution in [-0.4, -0.2) is 21.0 Å². The van der Waals surface area contributed by atoms with E-state index in [0.29, 0.717) is 0 Å². The van der Waals surface area contributed by atoms with Gasteiger partial charge < -0.3 is 0 Å². The summed E-state index contributed by atoms with van der Waals surface area (Å²) in [7, 11) is 0. The maximum atomic E-state index is 11.2. The van der Waals surface area contributed by atoms with Crippen LogP contribution in [0.1, 0.15) is 41.4 Å². The zero-order chi connectivity index (χ0) is 14.0. The fourth-order valence-corrected chi connectivity index (χ4v) is 1.89. The number of rotatable bonds is 4. The highest BCUT2D eigenvalue weighted by Crippen LogP contribution is 2.24. The zero-order valence-electron chi connectivity index (χ0n) is 8.30. The van der Waals surface area contributed by atoms with Crippen molar-refractivity contribution < 1.29 is 19.2 Å². The molecule has 0 aliphatic rings. The molecule has 0 heterocycles. The second kappa shape index (κ2) is 5.80. The first-order chi connectivity index (χ1) is 8.25. The van der Waals surface area contributed by atoms with E-state index in [1.165, 1.54) is 0 Å². The smallest absolute Gasteiger partial charge is 0.253 e. The van der Waals surface area contributed by atoms with Crippen molar-refractivity contribution in [2.45, 2.75) is 0 Å². The number of hydrogen-bond donors (Lipinski definition) is 0. The summed E-state index contributed by atoms with van der Waals surface area (Å²) in [5, 5.41) is -4.19. The van der Waals surface area contributed by atoms with Crippen LogP contribution < -0.4 is 0 Å². The maximum absolute atomic E-state index is 11.2. The molecule has 0 fully saturated rings. The van der Waals surface area contributed by atoms with E-state index in [9.17, 15) is 19.2 Å².